The van der Waals surface area contributed by atoms with Gasteiger partial charge in [-0.15, -0.1) is 0 Å². The van der Waals surface area contributed by atoms with Crippen LogP contribution in [0, 0.1) is 6.92 Å². The molecule has 0 aliphatic rings. The van der Waals surface area contributed by atoms with E-state index in [1.54, 1.807) is 48.5 Å². The second kappa shape index (κ2) is 11.5. The summed E-state index contributed by atoms with van der Waals surface area (Å²) in [6.07, 6.45) is -3.11. The highest BCUT2D eigenvalue weighted by Gasteiger charge is 2.31. The number of fused-ring (bicyclic) bond motifs is 2. The molecule has 4 aromatic carbocycles. The van der Waals surface area contributed by atoms with E-state index in [0.717, 1.165) is 27.7 Å². The Labute approximate surface area is 253 Å². The van der Waals surface area contributed by atoms with Crippen LogP contribution in [0.5, 0.6) is 0 Å². The number of rotatable bonds is 6. The standard InChI is InChI=1S/C33H23ClF3N5O2/c1-20-27(25-9-3-5-12-29(25)41(20)19-30(43)39-24-15-13-23(34)14-16-24)18-38-42-31(21-7-6-8-22(17-21)33(35,36)37)40-28-11-4-2-10-26(28)32(42)44/h2-18H,19H2,1H3,(H,39,43). The van der Waals surface area contributed by atoms with Gasteiger partial charge in [0, 0.05) is 38.4 Å². The topological polar surface area (TPSA) is 81.3 Å². The van der Waals surface area contributed by atoms with Crippen LogP contribution < -0.4 is 10.9 Å². The summed E-state index contributed by atoms with van der Waals surface area (Å²) in [5.74, 6) is -0.304. The highest BCUT2D eigenvalue weighted by atomic mass is 35.5. The minimum atomic E-state index is -4.58. The van der Waals surface area contributed by atoms with Gasteiger partial charge in [-0.1, -0.05) is 54.1 Å². The van der Waals surface area contributed by atoms with E-state index >= 15 is 0 Å². The quantitative estimate of drug-likeness (QED) is 0.197. The number of hydrogen-bond donors (Lipinski definition) is 1. The third-order valence-electron chi connectivity index (χ3n) is 7.21. The van der Waals surface area contributed by atoms with Crippen molar-refractivity contribution >= 4 is 51.2 Å². The van der Waals surface area contributed by atoms with Crippen LogP contribution in [-0.4, -0.2) is 26.3 Å². The number of halogens is 4. The van der Waals surface area contributed by atoms with E-state index < -0.39 is 17.3 Å². The molecule has 0 saturated carbocycles. The molecule has 220 valence electrons. The molecule has 0 spiro atoms. The molecule has 1 amide bonds. The first-order valence-electron chi connectivity index (χ1n) is 13.5. The predicted octanol–water partition coefficient (Wildman–Crippen LogP) is 7.52. The zero-order chi connectivity index (χ0) is 31.0. The van der Waals surface area contributed by atoms with Crippen LogP contribution >= 0.6 is 11.6 Å². The van der Waals surface area contributed by atoms with Gasteiger partial charge in [-0.25, -0.2) is 4.98 Å². The van der Waals surface area contributed by atoms with Crippen LogP contribution in [0.15, 0.2) is 107 Å². The number of aromatic nitrogens is 3. The summed E-state index contributed by atoms with van der Waals surface area (Å²) >= 11 is 5.95. The van der Waals surface area contributed by atoms with Crippen LogP contribution in [-0.2, 0) is 17.5 Å². The highest BCUT2D eigenvalue weighted by Crippen LogP contribution is 2.32. The molecule has 6 rings (SSSR count). The lowest BCUT2D eigenvalue weighted by atomic mass is 10.1. The van der Waals surface area contributed by atoms with E-state index in [9.17, 15) is 22.8 Å². The zero-order valence-electron chi connectivity index (χ0n) is 23.1. The number of amides is 1. The number of nitrogens with one attached hydrogen (secondary N) is 1. The number of anilines is 1. The predicted molar refractivity (Wildman–Crippen MR) is 166 cm³/mol. The van der Waals surface area contributed by atoms with E-state index in [1.165, 1.54) is 18.3 Å². The Balaban J connectivity index is 1.44. The fraction of sp³-hybridized carbons (Fsp3) is 0.0909. The van der Waals surface area contributed by atoms with Crippen molar-refractivity contribution in [2.45, 2.75) is 19.6 Å². The monoisotopic (exact) mass is 613 g/mol. The first-order valence-corrected chi connectivity index (χ1v) is 13.8. The van der Waals surface area contributed by atoms with E-state index in [1.807, 2.05) is 35.8 Å². The van der Waals surface area contributed by atoms with Gasteiger partial charge in [0.2, 0.25) is 5.91 Å². The molecule has 0 atom stereocenters. The van der Waals surface area contributed by atoms with Crippen LogP contribution in [0.1, 0.15) is 16.8 Å². The van der Waals surface area contributed by atoms with E-state index in [4.69, 9.17) is 11.6 Å². The maximum Gasteiger partial charge on any atom is 0.416 e. The summed E-state index contributed by atoms with van der Waals surface area (Å²) in [6, 6.07) is 25.4. The fourth-order valence-corrected chi connectivity index (χ4v) is 5.20. The molecule has 11 heteroatoms. The van der Waals surface area contributed by atoms with Crippen molar-refractivity contribution in [3.63, 3.8) is 0 Å². The molecular formula is C33H23ClF3N5O2. The van der Waals surface area contributed by atoms with Crippen molar-refractivity contribution in [2.75, 3.05) is 5.32 Å². The number of hydrogen-bond acceptors (Lipinski definition) is 4. The van der Waals surface area contributed by atoms with Crippen molar-refractivity contribution in [1.29, 1.82) is 0 Å². The van der Waals surface area contributed by atoms with Crippen molar-refractivity contribution < 1.29 is 18.0 Å². The molecule has 0 fully saturated rings. The average Bonchev–Trinajstić information content (AvgIpc) is 3.27. The molecule has 0 radical (unpaired) electrons. The van der Waals surface area contributed by atoms with Crippen LogP contribution in [0.2, 0.25) is 5.02 Å². The van der Waals surface area contributed by atoms with Crippen LogP contribution in [0.3, 0.4) is 0 Å². The van der Waals surface area contributed by atoms with Crippen molar-refractivity contribution in [1.82, 2.24) is 14.2 Å². The van der Waals surface area contributed by atoms with Gasteiger partial charge in [-0.05, 0) is 61.5 Å². The molecule has 0 unspecified atom stereocenters. The molecule has 2 heterocycles. The number of alkyl halides is 3. The Hall–Kier alpha value is -5.22. The van der Waals surface area contributed by atoms with Gasteiger partial charge < -0.3 is 9.88 Å². The first kappa shape index (κ1) is 28.9. The van der Waals surface area contributed by atoms with Gasteiger partial charge in [0.1, 0.15) is 6.54 Å². The Morgan fingerprint density at radius 3 is 2.41 bits per heavy atom. The molecule has 6 aromatic rings. The Bertz CT molecular complexity index is 2130. The smallest absolute Gasteiger partial charge is 0.335 e. The SMILES string of the molecule is Cc1c(C=Nn2c(-c3cccc(C(F)(F)F)c3)nc3ccccc3c2=O)c2ccccc2n1CC(=O)Nc1ccc(Cl)cc1. The lowest BCUT2D eigenvalue weighted by molar-refractivity contribution is -0.137. The van der Waals surface area contributed by atoms with E-state index in [2.05, 4.69) is 15.4 Å². The van der Waals surface area contributed by atoms with Gasteiger partial charge in [0.05, 0.1) is 22.7 Å². The van der Waals surface area contributed by atoms with Gasteiger partial charge in [0.15, 0.2) is 5.82 Å². The molecule has 0 aliphatic carbocycles. The molecule has 2 aromatic heterocycles. The average molecular weight is 614 g/mol. The number of benzene rings is 4. The van der Waals surface area contributed by atoms with Gasteiger partial charge in [0.25, 0.3) is 5.56 Å². The van der Waals surface area contributed by atoms with E-state index in [-0.39, 0.29) is 29.2 Å². The summed E-state index contributed by atoms with van der Waals surface area (Å²) in [4.78, 5) is 31.2. The maximum atomic E-state index is 13.6. The number of para-hydroxylation sites is 2. The number of carbonyl (C=O) groups excluding carboxylic acids is 1. The second-order valence-electron chi connectivity index (χ2n) is 10.1. The Kier molecular flexibility index (Phi) is 7.52. The first-order chi connectivity index (χ1) is 21.1. The third kappa shape index (κ3) is 5.59. The van der Waals surface area contributed by atoms with Gasteiger partial charge >= 0.3 is 6.18 Å². The number of nitrogens with zero attached hydrogens (tertiary/aromatic N) is 4. The largest absolute Gasteiger partial charge is 0.416 e. The van der Waals surface area contributed by atoms with Gasteiger partial charge in [-0.2, -0.15) is 22.9 Å². The van der Waals surface area contributed by atoms with Crippen molar-refractivity contribution in [3.8, 4) is 11.4 Å². The second-order valence-corrected chi connectivity index (χ2v) is 10.5. The molecule has 1 N–H and O–H groups in total. The molecule has 44 heavy (non-hydrogen) atoms. The Morgan fingerprint density at radius 2 is 1.66 bits per heavy atom. The van der Waals surface area contributed by atoms with Gasteiger partial charge in [-0.3, -0.25) is 9.59 Å². The Morgan fingerprint density at radius 1 is 0.955 bits per heavy atom. The lowest BCUT2D eigenvalue weighted by Gasteiger charge is -2.12. The fourth-order valence-electron chi connectivity index (χ4n) is 5.07. The number of carbonyl (C=O) groups is 1. The van der Waals surface area contributed by atoms with Crippen molar-refractivity contribution in [2.24, 2.45) is 5.10 Å². The zero-order valence-corrected chi connectivity index (χ0v) is 23.9. The summed E-state index contributed by atoms with van der Waals surface area (Å²) in [5, 5.41) is 8.93. The lowest BCUT2D eigenvalue weighted by Crippen LogP contribution is -2.21. The summed E-state index contributed by atoms with van der Waals surface area (Å²) in [5.41, 5.74) is 1.69. The summed E-state index contributed by atoms with van der Waals surface area (Å²) < 4.78 is 43.5. The van der Waals surface area contributed by atoms with Crippen LogP contribution in [0.25, 0.3) is 33.2 Å². The molecular weight excluding hydrogens is 591 g/mol. The summed E-state index contributed by atoms with van der Waals surface area (Å²) in [7, 11) is 0. The van der Waals surface area contributed by atoms with Crippen LogP contribution in [0.4, 0.5) is 18.9 Å². The summed E-state index contributed by atoms with van der Waals surface area (Å²) in [6.45, 7) is 1.82. The molecule has 7 nitrogen and oxygen atoms in total. The third-order valence-corrected chi connectivity index (χ3v) is 7.47. The minimum absolute atomic E-state index is 0.00419. The maximum absolute atomic E-state index is 13.6. The molecule has 0 aliphatic heterocycles. The van der Waals surface area contributed by atoms with E-state index in [0.29, 0.717) is 27.5 Å². The normalized spacial score (nSPS) is 11.9. The highest BCUT2D eigenvalue weighted by molar-refractivity contribution is 6.30. The minimum Gasteiger partial charge on any atom is -0.335 e. The van der Waals surface area contributed by atoms with Crippen molar-refractivity contribution in [3.05, 3.63) is 129 Å². The molecule has 0 saturated heterocycles. The molecule has 0 bridgehead atoms.